The van der Waals surface area contributed by atoms with Crippen LogP contribution in [0.15, 0.2) is 42.5 Å². The van der Waals surface area contributed by atoms with E-state index in [1.807, 2.05) is 31.2 Å². The van der Waals surface area contributed by atoms with Crippen molar-refractivity contribution >= 4 is 0 Å². The molecule has 4 heteroatoms. The van der Waals surface area contributed by atoms with Gasteiger partial charge in [-0.25, -0.2) is 4.39 Å². The van der Waals surface area contributed by atoms with Crippen molar-refractivity contribution in [2.45, 2.75) is 20.0 Å². The monoisotopic (exact) mass is 285 g/mol. The van der Waals surface area contributed by atoms with Crippen LogP contribution in [0.25, 0.3) is 0 Å². The van der Waals surface area contributed by atoms with Crippen molar-refractivity contribution in [2.24, 2.45) is 0 Å². The zero-order valence-electron chi connectivity index (χ0n) is 11.8. The molecule has 2 rings (SSSR count). The Labute approximate surface area is 123 Å². The van der Waals surface area contributed by atoms with Crippen LogP contribution in [0.3, 0.4) is 0 Å². The molecule has 0 saturated carbocycles. The lowest BCUT2D eigenvalue weighted by Crippen LogP contribution is -2.02. The lowest BCUT2D eigenvalue weighted by atomic mass is 10.1. The van der Waals surface area contributed by atoms with Gasteiger partial charge in [-0.1, -0.05) is 25.1 Å². The third-order valence-electron chi connectivity index (χ3n) is 2.88. The molecule has 0 aliphatic rings. The molecule has 0 aliphatic carbocycles. The molecule has 21 heavy (non-hydrogen) atoms. The first-order valence-electron chi connectivity index (χ1n) is 6.77. The molecule has 0 unspecified atom stereocenters. The molecule has 108 valence electrons. The number of ether oxygens (including phenoxy) is 2. The summed E-state index contributed by atoms with van der Waals surface area (Å²) in [5.41, 5.74) is 0.697. The molecular formula is C17H16FNO2. The molecule has 0 radical (unpaired) electrons. The second-order valence-electron chi connectivity index (χ2n) is 4.50. The van der Waals surface area contributed by atoms with Crippen LogP contribution in [0, 0.1) is 17.1 Å². The van der Waals surface area contributed by atoms with Crippen LogP contribution in [0.4, 0.5) is 4.39 Å². The van der Waals surface area contributed by atoms with Crippen molar-refractivity contribution in [1.29, 1.82) is 5.26 Å². The summed E-state index contributed by atoms with van der Waals surface area (Å²) in [4.78, 5) is 0. The molecule has 0 fully saturated rings. The van der Waals surface area contributed by atoms with Gasteiger partial charge in [-0.3, -0.25) is 0 Å². The van der Waals surface area contributed by atoms with E-state index in [0.717, 1.165) is 6.42 Å². The molecule has 0 saturated heterocycles. The summed E-state index contributed by atoms with van der Waals surface area (Å²) in [6, 6.07) is 13.5. The zero-order valence-corrected chi connectivity index (χ0v) is 11.8. The van der Waals surface area contributed by atoms with E-state index in [4.69, 9.17) is 14.7 Å². The minimum atomic E-state index is -0.444. The summed E-state index contributed by atoms with van der Waals surface area (Å²) in [6.07, 6.45) is 0.901. The highest BCUT2D eigenvalue weighted by atomic mass is 19.1. The number of benzene rings is 2. The van der Waals surface area contributed by atoms with Crippen molar-refractivity contribution < 1.29 is 13.9 Å². The summed E-state index contributed by atoms with van der Waals surface area (Å²) in [7, 11) is 0. The number of nitriles is 1. The van der Waals surface area contributed by atoms with Gasteiger partial charge in [-0.05, 0) is 30.7 Å². The maximum Gasteiger partial charge on any atom is 0.161 e. The highest BCUT2D eigenvalue weighted by molar-refractivity contribution is 5.40. The maximum absolute atomic E-state index is 13.8. The second kappa shape index (κ2) is 7.30. The summed E-state index contributed by atoms with van der Waals surface area (Å²) in [5.74, 6) is 0.782. The van der Waals surface area contributed by atoms with Gasteiger partial charge in [-0.2, -0.15) is 5.26 Å². The number of nitrogens with zero attached hydrogens (tertiary/aromatic N) is 1. The molecule has 0 aromatic heterocycles. The number of rotatable bonds is 6. The average Bonchev–Trinajstić information content (AvgIpc) is 2.52. The Morgan fingerprint density at radius 1 is 1.10 bits per heavy atom. The fourth-order valence-electron chi connectivity index (χ4n) is 1.79. The Kier molecular flexibility index (Phi) is 5.16. The smallest absolute Gasteiger partial charge is 0.161 e. The van der Waals surface area contributed by atoms with Gasteiger partial charge in [0.2, 0.25) is 0 Å². The minimum Gasteiger partial charge on any atom is -0.490 e. The first kappa shape index (κ1) is 14.9. The first-order chi connectivity index (χ1) is 10.2. The number of hydrogen-bond donors (Lipinski definition) is 0. The van der Waals surface area contributed by atoms with Crippen molar-refractivity contribution in [1.82, 2.24) is 0 Å². The van der Waals surface area contributed by atoms with Crippen molar-refractivity contribution in [3.63, 3.8) is 0 Å². The van der Waals surface area contributed by atoms with E-state index < -0.39 is 5.82 Å². The SMILES string of the molecule is CCCOc1ccccc1OCc1ccc(C#N)cc1F. The van der Waals surface area contributed by atoms with Gasteiger partial charge in [0.25, 0.3) is 0 Å². The summed E-state index contributed by atoms with van der Waals surface area (Å²) in [5, 5.41) is 8.72. The Bertz CT molecular complexity index is 649. The second-order valence-corrected chi connectivity index (χ2v) is 4.50. The Hall–Kier alpha value is -2.54. The quantitative estimate of drug-likeness (QED) is 0.803. The first-order valence-corrected chi connectivity index (χ1v) is 6.77. The Morgan fingerprint density at radius 2 is 1.81 bits per heavy atom. The van der Waals surface area contributed by atoms with Crippen LogP contribution in [0.1, 0.15) is 24.5 Å². The van der Waals surface area contributed by atoms with Crippen LogP contribution in [-0.4, -0.2) is 6.61 Å². The van der Waals surface area contributed by atoms with Crippen LogP contribution in [0.5, 0.6) is 11.5 Å². The van der Waals surface area contributed by atoms with Crippen LogP contribution in [-0.2, 0) is 6.61 Å². The minimum absolute atomic E-state index is 0.0873. The standard InChI is InChI=1S/C17H16FNO2/c1-2-9-20-16-5-3-4-6-17(16)21-12-14-8-7-13(11-19)10-15(14)18/h3-8,10H,2,9,12H2,1H3. The molecular weight excluding hydrogens is 269 g/mol. The highest BCUT2D eigenvalue weighted by Gasteiger charge is 2.07. The lowest BCUT2D eigenvalue weighted by Gasteiger charge is -2.12. The van der Waals surface area contributed by atoms with Gasteiger partial charge in [0.15, 0.2) is 11.5 Å². The van der Waals surface area contributed by atoms with Crippen LogP contribution >= 0.6 is 0 Å². The summed E-state index contributed by atoms with van der Waals surface area (Å²) >= 11 is 0. The molecule has 2 aromatic rings. The fourth-order valence-corrected chi connectivity index (χ4v) is 1.79. The van der Waals surface area contributed by atoms with E-state index in [-0.39, 0.29) is 6.61 Å². The zero-order chi connectivity index (χ0) is 15.1. The lowest BCUT2D eigenvalue weighted by molar-refractivity contribution is 0.259. The van der Waals surface area contributed by atoms with E-state index in [0.29, 0.717) is 29.2 Å². The third-order valence-corrected chi connectivity index (χ3v) is 2.88. The summed E-state index contributed by atoms with van der Waals surface area (Å²) < 4.78 is 25.0. The van der Waals surface area contributed by atoms with E-state index in [9.17, 15) is 4.39 Å². The molecule has 0 atom stereocenters. The molecule has 0 aliphatic heterocycles. The molecule has 2 aromatic carbocycles. The molecule has 0 N–H and O–H groups in total. The predicted octanol–water partition coefficient (Wildman–Crippen LogP) is 4.07. The van der Waals surface area contributed by atoms with E-state index in [1.165, 1.54) is 6.07 Å². The van der Waals surface area contributed by atoms with E-state index >= 15 is 0 Å². The Balaban J connectivity index is 2.08. The van der Waals surface area contributed by atoms with Gasteiger partial charge in [0.1, 0.15) is 12.4 Å². The topological polar surface area (TPSA) is 42.2 Å². The predicted molar refractivity (Wildman–Crippen MR) is 77.7 cm³/mol. The normalized spacial score (nSPS) is 9.95. The fraction of sp³-hybridized carbons (Fsp3) is 0.235. The van der Waals surface area contributed by atoms with Gasteiger partial charge < -0.3 is 9.47 Å². The van der Waals surface area contributed by atoms with Crippen molar-refractivity contribution in [3.05, 3.63) is 59.4 Å². The van der Waals surface area contributed by atoms with Gasteiger partial charge in [0, 0.05) is 5.56 Å². The third kappa shape index (κ3) is 3.96. The number of hydrogen-bond acceptors (Lipinski definition) is 3. The summed E-state index contributed by atoms with van der Waals surface area (Å²) in [6.45, 7) is 2.71. The highest BCUT2D eigenvalue weighted by Crippen LogP contribution is 2.27. The van der Waals surface area contributed by atoms with Crippen LogP contribution < -0.4 is 9.47 Å². The van der Waals surface area contributed by atoms with E-state index in [1.54, 1.807) is 18.2 Å². The number of para-hydroxylation sites is 2. The van der Waals surface area contributed by atoms with E-state index in [2.05, 4.69) is 0 Å². The van der Waals surface area contributed by atoms with Crippen molar-refractivity contribution in [2.75, 3.05) is 6.61 Å². The van der Waals surface area contributed by atoms with Crippen LogP contribution in [0.2, 0.25) is 0 Å². The molecule has 0 heterocycles. The van der Waals surface area contributed by atoms with Crippen molar-refractivity contribution in [3.8, 4) is 17.6 Å². The largest absolute Gasteiger partial charge is 0.490 e. The molecule has 0 spiro atoms. The molecule has 0 amide bonds. The Morgan fingerprint density at radius 3 is 2.43 bits per heavy atom. The van der Waals surface area contributed by atoms with Gasteiger partial charge >= 0.3 is 0 Å². The van der Waals surface area contributed by atoms with Gasteiger partial charge in [-0.15, -0.1) is 0 Å². The maximum atomic E-state index is 13.8. The number of halogens is 1. The average molecular weight is 285 g/mol. The molecule has 3 nitrogen and oxygen atoms in total. The molecule has 0 bridgehead atoms. The van der Waals surface area contributed by atoms with Gasteiger partial charge in [0.05, 0.1) is 18.2 Å².